The lowest BCUT2D eigenvalue weighted by atomic mass is 10.1. The summed E-state index contributed by atoms with van der Waals surface area (Å²) in [6.45, 7) is 3.31. The normalized spacial score (nSPS) is 14.9. The second kappa shape index (κ2) is 6.26. The topological polar surface area (TPSA) is 37.4 Å². The van der Waals surface area contributed by atoms with E-state index in [1.54, 1.807) is 13.2 Å². The summed E-state index contributed by atoms with van der Waals surface area (Å²) in [5.74, 6) is 0.665. The maximum atomic E-state index is 13.7. The monoisotopic (exact) mass is 289 g/mol. The summed E-state index contributed by atoms with van der Waals surface area (Å²) in [6.07, 6.45) is 4.18. The molecule has 0 amide bonds. The molecule has 112 valence electrons. The van der Waals surface area contributed by atoms with Crippen molar-refractivity contribution in [1.29, 1.82) is 0 Å². The molecule has 5 heteroatoms. The molecule has 0 saturated carbocycles. The van der Waals surface area contributed by atoms with Crippen molar-refractivity contribution >= 4 is 22.3 Å². The Balaban J connectivity index is 2.01. The highest BCUT2D eigenvalue weighted by molar-refractivity contribution is 6.00. The first-order chi connectivity index (χ1) is 10.3. The number of nitrogens with zero attached hydrogens (tertiary/aromatic N) is 2. The first-order valence-corrected chi connectivity index (χ1v) is 7.35. The van der Waals surface area contributed by atoms with Crippen LogP contribution in [0.4, 0.5) is 15.9 Å². The minimum atomic E-state index is -0.223. The largest absolute Gasteiger partial charge is 0.383 e. The van der Waals surface area contributed by atoms with E-state index >= 15 is 0 Å². The van der Waals surface area contributed by atoms with Gasteiger partial charge in [0.2, 0.25) is 0 Å². The number of fused-ring (bicyclic) bond motifs is 1. The van der Waals surface area contributed by atoms with Gasteiger partial charge in [0.25, 0.3) is 0 Å². The Bertz CT molecular complexity index is 626. The van der Waals surface area contributed by atoms with E-state index in [4.69, 9.17) is 4.74 Å². The summed E-state index contributed by atoms with van der Waals surface area (Å²) < 4.78 is 18.7. The lowest BCUT2D eigenvalue weighted by Gasteiger charge is -2.20. The van der Waals surface area contributed by atoms with E-state index in [9.17, 15) is 4.39 Å². The van der Waals surface area contributed by atoms with E-state index in [0.717, 1.165) is 35.4 Å². The molecule has 0 atom stereocenters. The van der Waals surface area contributed by atoms with Crippen LogP contribution >= 0.6 is 0 Å². The molecule has 1 fully saturated rings. The highest BCUT2D eigenvalue weighted by atomic mass is 19.1. The summed E-state index contributed by atoms with van der Waals surface area (Å²) in [4.78, 5) is 6.80. The van der Waals surface area contributed by atoms with Gasteiger partial charge in [0, 0.05) is 37.5 Å². The molecule has 0 spiro atoms. The SMILES string of the molecule is COCCNc1cnc(N2CCCC2)c2cc(F)ccc12. The number of nitrogens with one attached hydrogen (secondary N) is 1. The molecule has 0 aliphatic carbocycles. The summed E-state index contributed by atoms with van der Waals surface area (Å²) >= 11 is 0. The van der Waals surface area contributed by atoms with Gasteiger partial charge in [-0.3, -0.25) is 0 Å². The van der Waals surface area contributed by atoms with E-state index in [0.29, 0.717) is 13.2 Å². The van der Waals surface area contributed by atoms with Crippen molar-refractivity contribution in [3.8, 4) is 0 Å². The van der Waals surface area contributed by atoms with Crippen LogP contribution in [0.3, 0.4) is 0 Å². The number of ether oxygens (including phenoxy) is 1. The Labute approximate surface area is 123 Å². The summed E-state index contributed by atoms with van der Waals surface area (Å²) in [5.41, 5.74) is 0.921. The van der Waals surface area contributed by atoms with E-state index in [1.165, 1.54) is 18.9 Å². The predicted molar refractivity (Wildman–Crippen MR) is 83.5 cm³/mol. The molecular weight excluding hydrogens is 269 g/mol. The second-order valence-corrected chi connectivity index (χ2v) is 5.30. The van der Waals surface area contributed by atoms with Gasteiger partial charge < -0.3 is 15.0 Å². The van der Waals surface area contributed by atoms with Crippen molar-refractivity contribution in [3.63, 3.8) is 0 Å². The van der Waals surface area contributed by atoms with Crippen molar-refractivity contribution in [2.45, 2.75) is 12.8 Å². The molecular formula is C16H20FN3O. The average molecular weight is 289 g/mol. The lowest BCUT2D eigenvalue weighted by molar-refractivity contribution is 0.211. The Morgan fingerprint density at radius 2 is 2.10 bits per heavy atom. The minimum absolute atomic E-state index is 0.223. The average Bonchev–Trinajstić information content (AvgIpc) is 3.01. The Kier molecular flexibility index (Phi) is 4.20. The predicted octanol–water partition coefficient (Wildman–Crippen LogP) is 3.03. The Morgan fingerprint density at radius 1 is 1.29 bits per heavy atom. The van der Waals surface area contributed by atoms with Crippen LogP contribution in [-0.4, -0.2) is 38.3 Å². The Hall–Kier alpha value is -1.88. The Morgan fingerprint density at radius 3 is 2.86 bits per heavy atom. The van der Waals surface area contributed by atoms with Gasteiger partial charge in [-0.25, -0.2) is 9.37 Å². The highest BCUT2D eigenvalue weighted by Gasteiger charge is 2.17. The number of halogens is 1. The molecule has 2 aromatic rings. The van der Waals surface area contributed by atoms with Gasteiger partial charge in [0.15, 0.2) is 0 Å². The molecule has 0 radical (unpaired) electrons. The number of rotatable bonds is 5. The lowest BCUT2D eigenvalue weighted by Crippen LogP contribution is -2.19. The van der Waals surface area contributed by atoms with Gasteiger partial charge in [0.1, 0.15) is 11.6 Å². The van der Waals surface area contributed by atoms with Crippen LogP contribution in [0.2, 0.25) is 0 Å². The molecule has 0 bridgehead atoms. The first kappa shape index (κ1) is 14.1. The fourth-order valence-electron chi connectivity index (χ4n) is 2.81. The van der Waals surface area contributed by atoms with Gasteiger partial charge in [0.05, 0.1) is 18.5 Å². The number of aromatic nitrogens is 1. The second-order valence-electron chi connectivity index (χ2n) is 5.30. The molecule has 21 heavy (non-hydrogen) atoms. The van der Waals surface area contributed by atoms with Crippen molar-refractivity contribution in [2.75, 3.05) is 43.6 Å². The van der Waals surface area contributed by atoms with Crippen molar-refractivity contribution in [2.24, 2.45) is 0 Å². The zero-order chi connectivity index (χ0) is 14.7. The third-order valence-electron chi connectivity index (χ3n) is 3.86. The van der Waals surface area contributed by atoms with Crippen molar-refractivity contribution in [3.05, 3.63) is 30.2 Å². The molecule has 3 rings (SSSR count). The molecule has 2 heterocycles. The third kappa shape index (κ3) is 2.93. The number of benzene rings is 1. The van der Waals surface area contributed by atoms with Crippen LogP contribution in [0.15, 0.2) is 24.4 Å². The number of pyridine rings is 1. The molecule has 1 N–H and O–H groups in total. The first-order valence-electron chi connectivity index (χ1n) is 7.35. The number of hydrogen-bond acceptors (Lipinski definition) is 4. The van der Waals surface area contributed by atoms with Gasteiger partial charge in [-0.15, -0.1) is 0 Å². The molecule has 1 aromatic carbocycles. The van der Waals surface area contributed by atoms with Crippen LogP contribution in [0.25, 0.3) is 10.8 Å². The van der Waals surface area contributed by atoms with Gasteiger partial charge in [-0.05, 0) is 31.0 Å². The van der Waals surface area contributed by atoms with E-state index in [-0.39, 0.29) is 5.82 Å². The fourth-order valence-corrected chi connectivity index (χ4v) is 2.81. The fraction of sp³-hybridized carbons (Fsp3) is 0.438. The van der Waals surface area contributed by atoms with Gasteiger partial charge in [-0.1, -0.05) is 0 Å². The van der Waals surface area contributed by atoms with E-state index in [2.05, 4.69) is 15.2 Å². The maximum Gasteiger partial charge on any atom is 0.136 e. The zero-order valence-electron chi connectivity index (χ0n) is 12.2. The molecule has 1 aromatic heterocycles. The summed E-state index contributed by atoms with van der Waals surface area (Å²) in [6, 6.07) is 4.90. The van der Waals surface area contributed by atoms with E-state index < -0.39 is 0 Å². The molecule has 1 aliphatic rings. The number of methoxy groups -OCH3 is 1. The van der Waals surface area contributed by atoms with Crippen LogP contribution in [-0.2, 0) is 4.74 Å². The van der Waals surface area contributed by atoms with Crippen LogP contribution in [0.5, 0.6) is 0 Å². The highest BCUT2D eigenvalue weighted by Crippen LogP contribution is 2.32. The van der Waals surface area contributed by atoms with Crippen LogP contribution in [0.1, 0.15) is 12.8 Å². The van der Waals surface area contributed by atoms with Crippen molar-refractivity contribution in [1.82, 2.24) is 4.98 Å². The standard InChI is InChI=1S/C16H20FN3O/c1-21-9-6-18-15-11-19-16(20-7-2-3-8-20)14-10-12(17)4-5-13(14)15/h4-5,10-11,18H,2-3,6-9H2,1H3. The smallest absolute Gasteiger partial charge is 0.136 e. The summed E-state index contributed by atoms with van der Waals surface area (Å²) in [5, 5.41) is 5.18. The van der Waals surface area contributed by atoms with Gasteiger partial charge >= 0.3 is 0 Å². The van der Waals surface area contributed by atoms with Crippen LogP contribution < -0.4 is 10.2 Å². The van der Waals surface area contributed by atoms with E-state index in [1.807, 2.05) is 12.3 Å². The van der Waals surface area contributed by atoms with Crippen molar-refractivity contribution < 1.29 is 9.13 Å². The molecule has 1 aliphatic heterocycles. The minimum Gasteiger partial charge on any atom is -0.383 e. The van der Waals surface area contributed by atoms with Gasteiger partial charge in [-0.2, -0.15) is 0 Å². The molecule has 4 nitrogen and oxygen atoms in total. The molecule has 1 saturated heterocycles. The molecule has 0 unspecified atom stereocenters. The quantitative estimate of drug-likeness (QED) is 0.859. The summed E-state index contributed by atoms with van der Waals surface area (Å²) in [7, 11) is 1.67. The third-order valence-corrected chi connectivity index (χ3v) is 3.86. The number of anilines is 2. The maximum absolute atomic E-state index is 13.7. The zero-order valence-corrected chi connectivity index (χ0v) is 12.2. The number of hydrogen-bond donors (Lipinski definition) is 1. The van der Waals surface area contributed by atoms with Crippen LogP contribution in [0, 0.1) is 5.82 Å².